The smallest absolute Gasteiger partial charge is 0.264 e. The van der Waals surface area contributed by atoms with E-state index in [1.807, 2.05) is 0 Å². The van der Waals surface area contributed by atoms with Crippen LogP contribution >= 0.6 is 15.9 Å². The van der Waals surface area contributed by atoms with Gasteiger partial charge in [-0.2, -0.15) is 0 Å². The lowest BCUT2D eigenvalue weighted by atomic mass is 10.2. The number of carbonyl (C=O) groups excluding carboxylic acids is 1. The molecule has 1 heterocycles. The van der Waals surface area contributed by atoms with Crippen LogP contribution in [0.3, 0.4) is 0 Å². The van der Waals surface area contributed by atoms with Gasteiger partial charge in [-0.15, -0.1) is 0 Å². The molecule has 1 atom stereocenters. The minimum atomic E-state index is -1.32. The first-order valence-corrected chi connectivity index (χ1v) is 3.49. The number of halogens is 1. The zero-order valence-corrected chi connectivity index (χ0v) is 6.82. The summed E-state index contributed by atoms with van der Waals surface area (Å²) >= 11 is 2.98. The summed E-state index contributed by atoms with van der Waals surface area (Å²) in [6, 6.07) is -1.32. The van der Waals surface area contributed by atoms with Crippen molar-refractivity contribution in [1.82, 2.24) is 0 Å². The molecule has 0 bridgehead atoms. The highest BCUT2D eigenvalue weighted by molar-refractivity contribution is 9.12. The van der Waals surface area contributed by atoms with Gasteiger partial charge in [-0.3, -0.25) is 14.9 Å². The van der Waals surface area contributed by atoms with Crippen molar-refractivity contribution < 1.29 is 9.72 Å². The van der Waals surface area contributed by atoms with Gasteiger partial charge in [0.2, 0.25) is 0 Å². The van der Waals surface area contributed by atoms with Crippen molar-refractivity contribution in [3.63, 3.8) is 0 Å². The van der Waals surface area contributed by atoms with Crippen molar-refractivity contribution >= 4 is 28.1 Å². The molecule has 1 aliphatic heterocycles. The van der Waals surface area contributed by atoms with Crippen LogP contribution in [0.2, 0.25) is 0 Å². The lowest BCUT2D eigenvalue weighted by Crippen LogP contribution is -2.28. The second-order valence-electron chi connectivity index (χ2n) is 1.88. The molecule has 0 aromatic rings. The van der Waals surface area contributed by atoms with E-state index in [0.29, 0.717) is 4.48 Å². The molecule has 1 rings (SSSR count). The van der Waals surface area contributed by atoms with E-state index in [9.17, 15) is 14.9 Å². The Balaban J connectivity index is 2.90. The van der Waals surface area contributed by atoms with Crippen molar-refractivity contribution in [3.8, 4) is 0 Å². The molecule has 0 aromatic carbocycles. The average molecular weight is 219 g/mol. The lowest BCUT2D eigenvalue weighted by Gasteiger charge is -2.03. The summed E-state index contributed by atoms with van der Waals surface area (Å²) in [7, 11) is 0. The van der Waals surface area contributed by atoms with Crippen LogP contribution in [0, 0.1) is 10.1 Å². The first-order chi connectivity index (χ1) is 5.11. The number of nitro groups is 1. The van der Waals surface area contributed by atoms with Crippen LogP contribution in [0.4, 0.5) is 0 Å². The fourth-order valence-electron chi connectivity index (χ4n) is 0.618. The van der Waals surface area contributed by atoms with Gasteiger partial charge >= 0.3 is 11.9 Å². The molecule has 0 unspecified atom stereocenters. The Bertz CT molecular complexity index is 271. The first-order valence-electron chi connectivity index (χ1n) is 2.70. The maximum absolute atomic E-state index is 10.7. The number of hydrogen-bond donors (Lipinski definition) is 0. The fraction of sp³-hybridized carbons (Fsp3) is 0.200. The zero-order valence-electron chi connectivity index (χ0n) is 5.23. The standard InChI is InChI=1S/C5H3BrN2O3/c6-3-1-4(8(10)11)5(9)7-2-3/h1-2,4H/t4-/m0/s1. The molecule has 0 saturated carbocycles. The molecular weight excluding hydrogens is 216 g/mol. The van der Waals surface area contributed by atoms with Gasteiger partial charge < -0.3 is 0 Å². The van der Waals surface area contributed by atoms with Crippen LogP contribution in [-0.4, -0.2) is 23.1 Å². The van der Waals surface area contributed by atoms with Gasteiger partial charge in [0.15, 0.2) is 0 Å². The SMILES string of the molecule is O=C1N=CC(Br)=C[C@@H]1[N+](=O)[O-]. The normalized spacial score (nSPS) is 23.2. The first kappa shape index (κ1) is 8.06. The van der Waals surface area contributed by atoms with Gasteiger partial charge in [0, 0.05) is 21.7 Å². The molecule has 0 aliphatic carbocycles. The number of aliphatic imine (C=N–C) groups is 1. The molecule has 0 radical (unpaired) electrons. The predicted octanol–water partition coefficient (Wildman–Crippen LogP) is 0.522. The van der Waals surface area contributed by atoms with Gasteiger partial charge in [0.1, 0.15) is 0 Å². The Morgan fingerprint density at radius 3 is 2.82 bits per heavy atom. The Morgan fingerprint density at radius 2 is 2.36 bits per heavy atom. The van der Waals surface area contributed by atoms with Gasteiger partial charge in [0.25, 0.3) is 0 Å². The number of hydrogen-bond acceptors (Lipinski definition) is 3. The summed E-state index contributed by atoms with van der Waals surface area (Å²) < 4.78 is 0.457. The van der Waals surface area contributed by atoms with E-state index >= 15 is 0 Å². The molecule has 58 valence electrons. The van der Waals surface area contributed by atoms with Crippen LogP contribution in [0.5, 0.6) is 0 Å². The molecule has 5 nitrogen and oxygen atoms in total. The van der Waals surface area contributed by atoms with E-state index in [0.717, 1.165) is 0 Å². The highest BCUT2D eigenvalue weighted by atomic mass is 79.9. The monoisotopic (exact) mass is 218 g/mol. The highest BCUT2D eigenvalue weighted by Gasteiger charge is 2.28. The van der Waals surface area contributed by atoms with Crippen LogP contribution in [-0.2, 0) is 4.79 Å². The Hall–Kier alpha value is -1.04. The molecule has 0 N–H and O–H groups in total. The van der Waals surface area contributed by atoms with E-state index in [4.69, 9.17) is 0 Å². The Morgan fingerprint density at radius 1 is 1.73 bits per heavy atom. The van der Waals surface area contributed by atoms with E-state index in [-0.39, 0.29) is 0 Å². The Kier molecular flexibility index (Phi) is 2.13. The summed E-state index contributed by atoms with van der Waals surface area (Å²) in [6.45, 7) is 0. The number of rotatable bonds is 1. The number of carbonyl (C=O) groups is 1. The molecular formula is C5H3BrN2O3. The third-order valence-electron chi connectivity index (χ3n) is 1.11. The quantitative estimate of drug-likeness (QED) is 0.476. The van der Waals surface area contributed by atoms with E-state index in [1.54, 1.807) is 0 Å². The molecule has 11 heavy (non-hydrogen) atoms. The number of dihydropyridines is 1. The highest BCUT2D eigenvalue weighted by Crippen LogP contribution is 2.10. The summed E-state index contributed by atoms with van der Waals surface area (Å²) in [6.07, 6.45) is 2.44. The minimum Gasteiger partial charge on any atom is -0.264 e. The van der Waals surface area contributed by atoms with Gasteiger partial charge in [-0.05, 0) is 15.9 Å². The summed E-state index contributed by atoms with van der Waals surface area (Å²) in [5, 5.41) is 10.2. The molecule has 0 fully saturated rings. The maximum atomic E-state index is 10.7. The van der Waals surface area contributed by atoms with Gasteiger partial charge in [-0.25, -0.2) is 4.99 Å². The molecule has 1 aliphatic rings. The van der Waals surface area contributed by atoms with Crippen LogP contribution in [0.1, 0.15) is 0 Å². The molecule has 0 aromatic heterocycles. The van der Waals surface area contributed by atoms with Gasteiger partial charge in [-0.1, -0.05) is 0 Å². The summed E-state index contributed by atoms with van der Waals surface area (Å²) in [5.74, 6) is -0.738. The predicted molar refractivity (Wildman–Crippen MR) is 41.3 cm³/mol. The molecule has 0 saturated heterocycles. The third-order valence-corrected chi connectivity index (χ3v) is 1.58. The maximum Gasteiger partial charge on any atom is 0.324 e. The third kappa shape index (κ3) is 1.70. The van der Waals surface area contributed by atoms with Crippen molar-refractivity contribution in [2.75, 3.05) is 0 Å². The van der Waals surface area contributed by atoms with E-state index in [1.165, 1.54) is 12.3 Å². The average Bonchev–Trinajstić information content (AvgIpc) is 1.94. The second-order valence-corrected chi connectivity index (χ2v) is 2.79. The van der Waals surface area contributed by atoms with Crippen molar-refractivity contribution in [1.29, 1.82) is 0 Å². The second kappa shape index (κ2) is 2.91. The largest absolute Gasteiger partial charge is 0.324 e. The number of amides is 1. The van der Waals surface area contributed by atoms with Crippen LogP contribution in [0.15, 0.2) is 15.6 Å². The lowest BCUT2D eigenvalue weighted by molar-refractivity contribution is -0.495. The van der Waals surface area contributed by atoms with Crippen LogP contribution in [0.25, 0.3) is 0 Å². The number of nitrogens with zero attached hydrogens (tertiary/aromatic N) is 2. The minimum absolute atomic E-state index is 0.457. The van der Waals surface area contributed by atoms with E-state index < -0.39 is 16.9 Å². The summed E-state index contributed by atoms with van der Waals surface area (Å²) in [4.78, 5) is 23.4. The Labute approximate surface area is 70.1 Å². The zero-order chi connectivity index (χ0) is 8.43. The van der Waals surface area contributed by atoms with Gasteiger partial charge in [0.05, 0.1) is 0 Å². The molecule has 0 spiro atoms. The van der Waals surface area contributed by atoms with E-state index in [2.05, 4.69) is 20.9 Å². The van der Waals surface area contributed by atoms with Crippen LogP contribution < -0.4 is 0 Å². The van der Waals surface area contributed by atoms with Crippen molar-refractivity contribution in [2.45, 2.75) is 6.04 Å². The topological polar surface area (TPSA) is 72.6 Å². The molecule has 1 amide bonds. The number of allylic oxidation sites excluding steroid dienone is 1. The van der Waals surface area contributed by atoms with Crippen molar-refractivity contribution in [3.05, 3.63) is 20.7 Å². The van der Waals surface area contributed by atoms with Crippen molar-refractivity contribution in [2.24, 2.45) is 4.99 Å². The fourth-order valence-corrected chi connectivity index (χ4v) is 0.971. The molecule has 6 heteroatoms. The summed E-state index contributed by atoms with van der Waals surface area (Å²) in [5.41, 5.74) is 0.